The van der Waals surface area contributed by atoms with Gasteiger partial charge in [0.1, 0.15) is 5.65 Å². The number of H-pyrrole nitrogens is 1. The second-order valence-corrected chi connectivity index (χ2v) is 9.01. The van der Waals surface area contributed by atoms with Crippen LogP contribution in [0.4, 0.5) is 0 Å². The molecular weight excluding hydrogens is 429 g/mol. The third-order valence-corrected chi connectivity index (χ3v) is 6.25. The van der Waals surface area contributed by atoms with Crippen LogP contribution in [-0.4, -0.2) is 40.6 Å². The average Bonchev–Trinajstić information content (AvgIpc) is 3.09. The molecule has 1 N–H and O–H groups in total. The van der Waals surface area contributed by atoms with Crippen molar-refractivity contribution in [1.29, 1.82) is 0 Å². The van der Waals surface area contributed by atoms with Gasteiger partial charge in [-0.15, -0.1) is 0 Å². The van der Waals surface area contributed by atoms with Crippen molar-refractivity contribution in [3.05, 3.63) is 28.5 Å². The number of hydrogen-bond donors (Lipinski definition) is 1. The average molecular weight is 473 g/mol. The number of nitrogens with one attached hydrogen (secondary N) is 1. The molecular formula is C24H43BrFN3. The fourth-order valence-corrected chi connectivity index (χ4v) is 4.19. The molecule has 0 saturated carbocycles. The Morgan fingerprint density at radius 3 is 1.69 bits per heavy atom. The number of rotatable bonds is 12. The molecule has 0 saturated heterocycles. The molecule has 0 atom stereocenters. The van der Waals surface area contributed by atoms with Gasteiger partial charge in [0.25, 0.3) is 0 Å². The Bertz CT molecular complexity index is 619. The van der Waals surface area contributed by atoms with E-state index in [-0.39, 0.29) is 4.70 Å². The van der Waals surface area contributed by atoms with Gasteiger partial charge in [-0.1, -0.05) is 53.4 Å². The molecule has 0 bridgehead atoms. The van der Waals surface area contributed by atoms with E-state index in [1.807, 2.05) is 13.0 Å². The highest BCUT2D eigenvalue weighted by Crippen LogP contribution is 2.22. The molecule has 0 aliphatic carbocycles. The Morgan fingerprint density at radius 2 is 1.31 bits per heavy atom. The predicted octanol–water partition coefficient (Wildman–Crippen LogP) is 4.64. The summed E-state index contributed by atoms with van der Waals surface area (Å²) in [5.74, 6) is 0. The molecule has 0 amide bonds. The van der Waals surface area contributed by atoms with E-state index in [2.05, 4.69) is 59.7 Å². The number of pyridine rings is 1. The highest BCUT2D eigenvalue weighted by Gasteiger charge is 2.24. The number of aromatic nitrogens is 2. The summed E-state index contributed by atoms with van der Waals surface area (Å²) in [6.07, 6.45) is 12.8. The number of fused-ring (bicyclic) bond motifs is 1. The standard InChI is InChI=1S/C16H36N.C8H7BrN2.FH/c1-5-9-13-17(14-10-6-2,15-11-7-3)16-12-8-4;1-5-4-6-7(9)2-3-10-8(6)11-5;/h5-16H2,1-4H3;2-4H,1H3,(H,10,11);1H/q+1;;/p-1. The first-order valence-electron chi connectivity index (χ1n) is 11.5. The van der Waals surface area contributed by atoms with Crippen LogP contribution in [0.25, 0.3) is 11.0 Å². The minimum absolute atomic E-state index is 0. The van der Waals surface area contributed by atoms with Crippen molar-refractivity contribution >= 4 is 27.0 Å². The second-order valence-electron chi connectivity index (χ2n) is 8.16. The number of hydrogen-bond acceptors (Lipinski definition) is 1. The number of unbranched alkanes of at least 4 members (excludes halogenated alkanes) is 4. The summed E-state index contributed by atoms with van der Waals surface area (Å²) in [5.41, 5.74) is 2.08. The van der Waals surface area contributed by atoms with Gasteiger partial charge in [0.2, 0.25) is 0 Å². The normalized spacial score (nSPS) is 11.1. The first-order chi connectivity index (χ1) is 13.5. The van der Waals surface area contributed by atoms with Crippen LogP contribution in [0, 0.1) is 6.92 Å². The fraction of sp³-hybridized carbons (Fsp3) is 0.708. The monoisotopic (exact) mass is 471 g/mol. The summed E-state index contributed by atoms with van der Waals surface area (Å²) >= 11 is 3.45. The van der Waals surface area contributed by atoms with Gasteiger partial charge in [-0.05, 0) is 60.7 Å². The van der Waals surface area contributed by atoms with Crippen LogP contribution in [0.3, 0.4) is 0 Å². The van der Waals surface area contributed by atoms with E-state index in [0.717, 1.165) is 21.2 Å². The van der Waals surface area contributed by atoms with Gasteiger partial charge in [0.05, 0.1) is 26.2 Å². The molecule has 5 heteroatoms. The number of quaternary nitrogens is 1. The van der Waals surface area contributed by atoms with Gasteiger partial charge >= 0.3 is 0 Å². The van der Waals surface area contributed by atoms with E-state index in [4.69, 9.17) is 0 Å². The lowest BCUT2D eigenvalue weighted by Crippen LogP contribution is -3.00. The Morgan fingerprint density at radius 1 is 0.862 bits per heavy atom. The molecule has 29 heavy (non-hydrogen) atoms. The minimum Gasteiger partial charge on any atom is -1.00 e. The SMILES string of the molecule is CCCC[N+](CCCC)(CCCC)CCCC.Cc1cc2c(Br)ccnc2[nH]1.[F-]. The zero-order valence-corrected chi connectivity index (χ0v) is 21.0. The van der Waals surface area contributed by atoms with Crippen molar-refractivity contribution in [1.82, 2.24) is 9.97 Å². The van der Waals surface area contributed by atoms with Crippen LogP contribution in [0.5, 0.6) is 0 Å². The summed E-state index contributed by atoms with van der Waals surface area (Å²) in [7, 11) is 0. The lowest BCUT2D eigenvalue weighted by Gasteiger charge is -2.39. The maximum absolute atomic E-state index is 4.18. The van der Waals surface area contributed by atoms with E-state index in [1.54, 1.807) is 6.20 Å². The van der Waals surface area contributed by atoms with Crippen molar-refractivity contribution in [2.45, 2.75) is 86.0 Å². The van der Waals surface area contributed by atoms with Gasteiger partial charge in [0.15, 0.2) is 0 Å². The molecule has 2 rings (SSSR count). The smallest absolute Gasteiger partial charge is 0.138 e. The molecule has 0 aliphatic heterocycles. The molecule has 0 aliphatic rings. The van der Waals surface area contributed by atoms with Crippen molar-refractivity contribution in [2.24, 2.45) is 0 Å². The predicted molar refractivity (Wildman–Crippen MR) is 128 cm³/mol. The van der Waals surface area contributed by atoms with Crippen molar-refractivity contribution in [3.63, 3.8) is 0 Å². The van der Waals surface area contributed by atoms with E-state index in [9.17, 15) is 0 Å². The maximum atomic E-state index is 4.18. The molecule has 0 radical (unpaired) electrons. The first kappa shape index (κ1) is 28.1. The molecule has 2 aromatic heterocycles. The summed E-state index contributed by atoms with van der Waals surface area (Å²) in [5, 5.41) is 1.14. The van der Waals surface area contributed by atoms with E-state index in [1.165, 1.54) is 82.0 Å². The van der Waals surface area contributed by atoms with Gasteiger partial charge in [-0.25, -0.2) is 4.98 Å². The molecule has 0 fully saturated rings. The number of aryl methyl sites for hydroxylation is 1. The van der Waals surface area contributed by atoms with Gasteiger partial charge < -0.3 is 14.2 Å². The highest BCUT2D eigenvalue weighted by atomic mass is 79.9. The van der Waals surface area contributed by atoms with Crippen LogP contribution in [-0.2, 0) is 0 Å². The maximum Gasteiger partial charge on any atom is 0.138 e. The van der Waals surface area contributed by atoms with Gasteiger partial charge in [-0.3, -0.25) is 0 Å². The molecule has 3 nitrogen and oxygen atoms in total. The lowest BCUT2D eigenvalue weighted by atomic mass is 10.1. The summed E-state index contributed by atoms with van der Waals surface area (Å²) in [6.45, 7) is 17.0. The zero-order chi connectivity index (χ0) is 20.8. The lowest BCUT2D eigenvalue weighted by molar-refractivity contribution is -0.929. The highest BCUT2D eigenvalue weighted by molar-refractivity contribution is 9.10. The van der Waals surface area contributed by atoms with Crippen LogP contribution >= 0.6 is 15.9 Å². The number of halogens is 2. The van der Waals surface area contributed by atoms with Crippen LogP contribution in [0.2, 0.25) is 0 Å². The van der Waals surface area contributed by atoms with Crippen molar-refractivity contribution in [3.8, 4) is 0 Å². The van der Waals surface area contributed by atoms with Crippen LogP contribution in [0.15, 0.2) is 22.8 Å². The molecule has 0 unspecified atom stereocenters. The van der Waals surface area contributed by atoms with E-state index < -0.39 is 0 Å². The van der Waals surface area contributed by atoms with Crippen LogP contribution in [0.1, 0.15) is 84.8 Å². The topological polar surface area (TPSA) is 28.7 Å². The van der Waals surface area contributed by atoms with Gasteiger partial charge in [0, 0.05) is 21.7 Å². The summed E-state index contributed by atoms with van der Waals surface area (Å²) in [4.78, 5) is 7.34. The van der Waals surface area contributed by atoms with Gasteiger partial charge in [-0.2, -0.15) is 0 Å². The molecule has 2 heterocycles. The molecule has 0 aromatic carbocycles. The summed E-state index contributed by atoms with van der Waals surface area (Å²) < 4.78 is 2.51. The van der Waals surface area contributed by atoms with Crippen LogP contribution < -0.4 is 4.70 Å². The third-order valence-electron chi connectivity index (χ3n) is 5.56. The van der Waals surface area contributed by atoms with E-state index >= 15 is 0 Å². The summed E-state index contributed by atoms with van der Waals surface area (Å²) in [6, 6.07) is 4.02. The Hall–Kier alpha value is -0.940. The Kier molecular flexibility index (Phi) is 15.3. The molecule has 168 valence electrons. The van der Waals surface area contributed by atoms with Crippen molar-refractivity contribution < 1.29 is 9.19 Å². The third kappa shape index (κ3) is 10.1. The van der Waals surface area contributed by atoms with E-state index in [0.29, 0.717) is 0 Å². The first-order valence-corrected chi connectivity index (χ1v) is 12.3. The Balaban J connectivity index is 0.000000560. The number of nitrogens with zero attached hydrogens (tertiary/aromatic N) is 2. The minimum atomic E-state index is 0. The molecule has 0 spiro atoms. The quantitative estimate of drug-likeness (QED) is 0.448. The largest absolute Gasteiger partial charge is 1.00 e. The fourth-order valence-electron chi connectivity index (χ4n) is 3.77. The number of aromatic amines is 1. The second kappa shape index (κ2) is 15.8. The zero-order valence-electron chi connectivity index (χ0n) is 19.4. The van der Waals surface area contributed by atoms with Crippen molar-refractivity contribution in [2.75, 3.05) is 26.2 Å². The molecule has 2 aromatic rings. The Labute approximate surface area is 186 Å².